The normalized spacial score (nSPS) is 10.3. The van der Waals surface area contributed by atoms with Crippen molar-refractivity contribution < 1.29 is 9.59 Å². The molecule has 0 aliphatic rings. The van der Waals surface area contributed by atoms with E-state index in [2.05, 4.69) is 16.0 Å². The van der Waals surface area contributed by atoms with E-state index >= 15 is 0 Å². The first-order chi connectivity index (χ1) is 15.5. The number of anilines is 3. The molecule has 3 rings (SSSR count). The van der Waals surface area contributed by atoms with Crippen LogP contribution in [-0.4, -0.2) is 31.4 Å². The Morgan fingerprint density at radius 3 is 2.12 bits per heavy atom. The average Bonchev–Trinajstić information content (AvgIpc) is 2.81. The van der Waals surface area contributed by atoms with Crippen LogP contribution in [0.25, 0.3) is 0 Å². The Balaban J connectivity index is 1.52. The fourth-order valence-electron chi connectivity index (χ4n) is 3.07. The van der Waals surface area contributed by atoms with Crippen molar-refractivity contribution in [2.24, 2.45) is 0 Å². The first-order valence-corrected chi connectivity index (χ1v) is 11.7. The van der Waals surface area contributed by atoms with Gasteiger partial charge < -0.3 is 16.0 Å². The summed E-state index contributed by atoms with van der Waals surface area (Å²) in [6, 6.07) is 24.4. The quantitative estimate of drug-likeness (QED) is 0.294. The van der Waals surface area contributed by atoms with E-state index in [1.54, 1.807) is 16.7 Å². The molecule has 6 nitrogen and oxygen atoms in total. The van der Waals surface area contributed by atoms with Crippen LogP contribution in [0.1, 0.15) is 12.0 Å². The number of hydrogen-bond donors (Lipinski definition) is 3. The minimum absolute atomic E-state index is 0.210. The highest BCUT2D eigenvalue weighted by Gasteiger charge is 2.15. The van der Waals surface area contributed by atoms with Gasteiger partial charge in [-0.3, -0.25) is 4.90 Å². The molecule has 0 unspecified atom stereocenters. The van der Waals surface area contributed by atoms with Gasteiger partial charge in [-0.25, -0.2) is 9.59 Å². The molecule has 0 heterocycles. The van der Waals surface area contributed by atoms with Gasteiger partial charge in [-0.1, -0.05) is 35.9 Å². The second-order valence-corrected chi connectivity index (χ2v) is 8.13. The molecule has 0 saturated carbocycles. The van der Waals surface area contributed by atoms with Crippen molar-refractivity contribution in [1.29, 1.82) is 0 Å². The topological polar surface area (TPSA) is 73.5 Å². The van der Waals surface area contributed by atoms with Crippen molar-refractivity contribution in [3.63, 3.8) is 0 Å². The monoisotopic (exact) mass is 448 g/mol. The summed E-state index contributed by atoms with van der Waals surface area (Å²) in [4.78, 5) is 27.9. The highest BCUT2D eigenvalue weighted by Crippen LogP contribution is 2.18. The van der Waals surface area contributed by atoms with Crippen LogP contribution in [0.3, 0.4) is 0 Å². The Labute approximate surface area is 193 Å². The van der Waals surface area contributed by atoms with Gasteiger partial charge in [-0.15, -0.1) is 11.8 Å². The number of para-hydroxylation sites is 1. The summed E-state index contributed by atoms with van der Waals surface area (Å²) < 4.78 is 0. The van der Waals surface area contributed by atoms with Gasteiger partial charge in [0.2, 0.25) is 0 Å². The van der Waals surface area contributed by atoms with E-state index in [1.165, 1.54) is 0 Å². The van der Waals surface area contributed by atoms with Crippen LogP contribution >= 0.6 is 11.8 Å². The lowest BCUT2D eigenvalue weighted by Gasteiger charge is -2.23. The lowest BCUT2D eigenvalue weighted by molar-refractivity contribution is 0.252. The number of thioether (sulfide) groups is 1. The number of nitrogens with one attached hydrogen (secondary N) is 3. The maximum absolute atomic E-state index is 12.9. The van der Waals surface area contributed by atoms with E-state index in [1.807, 2.05) is 92.0 Å². The molecule has 3 aromatic rings. The summed E-state index contributed by atoms with van der Waals surface area (Å²) in [6.45, 7) is 2.91. The van der Waals surface area contributed by atoms with Crippen LogP contribution in [-0.2, 0) is 0 Å². The Bertz CT molecular complexity index is 1010. The molecule has 0 aromatic heterocycles. The smallest absolute Gasteiger partial charge is 0.326 e. The fourth-order valence-corrected chi connectivity index (χ4v) is 3.48. The number of carbonyl (C=O) groups is 2. The van der Waals surface area contributed by atoms with Gasteiger partial charge in [0.15, 0.2) is 0 Å². The third kappa shape index (κ3) is 7.06. The third-order valence-corrected chi connectivity index (χ3v) is 5.55. The number of nitrogens with zero attached hydrogens (tertiary/aromatic N) is 1. The van der Waals surface area contributed by atoms with Crippen molar-refractivity contribution in [2.75, 3.05) is 34.9 Å². The van der Waals surface area contributed by atoms with Crippen LogP contribution in [0.4, 0.5) is 26.7 Å². The number of amides is 4. The molecule has 166 valence electrons. The third-order valence-electron chi connectivity index (χ3n) is 4.81. The molecule has 0 bridgehead atoms. The lowest BCUT2D eigenvalue weighted by Crippen LogP contribution is -2.38. The molecule has 7 heteroatoms. The van der Waals surface area contributed by atoms with Crippen LogP contribution in [0.5, 0.6) is 0 Å². The summed E-state index contributed by atoms with van der Waals surface area (Å²) in [7, 11) is 0. The molecular formula is C25H28N4O2S. The van der Waals surface area contributed by atoms with Crippen LogP contribution < -0.4 is 20.9 Å². The zero-order valence-corrected chi connectivity index (χ0v) is 19.1. The van der Waals surface area contributed by atoms with Gasteiger partial charge in [0.05, 0.1) is 0 Å². The van der Waals surface area contributed by atoms with Gasteiger partial charge >= 0.3 is 12.1 Å². The predicted octanol–water partition coefficient (Wildman–Crippen LogP) is 5.97. The largest absolute Gasteiger partial charge is 0.338 e. The molecule has 0 fully saturated rings. The van der Waals surface area contributed by atoms with Crippen molar-refractivity contribution in [3.05, 3.63) is 84.4 Å². The molecule has 3 N–H and O–H groups in total. The summed E-state index contributed by atoms with van der Waals surface area (Å²) in [6.07, 6.45) is 2.62. The van der Waals surface area contributed by atoms with E-state index in [4.69, 9.17) is 0 Å². The SMILES string of the molecule is CSc1ccc(NC(=O)NCCCN(C(=O)Nc2ccc(C)cc2)c2ccccc2)cc1. The van der Waals surface area contributed by atoms with E-state index < -0.39 is 0 Å². The number of benzene rings is 3. The maximum Gasteiger partial charge on any atom is 0.326 e. The number of rotatable bonds is 8. The van der Waals surface area contributed by atoms with Gasteiger partial charge in [0.25, 0.3) is 0 Å². The second kappa shape index (κ2) is 11.8. The molecule has 0 atom stereocenters. The molecule has 0 saturated heterocycles. The van der Waals surface area contributed by atoms with Gasteiger partial charge in [-0.05, 0) is 68.1 Å². The van der Waals surface area contributed by atoms with E-state index in [-0.39, 0.29) is 12.1 Å². The van der Waals surface area contributed by atoms with Crippen LogP contribution in [0, 0.1) is 6.92 Å². The zero-order chi connectivity index (χ0) is 22.8. The standard InChI is InChI=1S/C25H28N4O2S/c1-19-9-11-21(12-10-19)28-25(31)29(22-7-4-3-5-8-22)18-6-17-26-24(30)27-20-13-15-23(32-2)16-14-20/h3-5,7-16H,6,17-18H2,1-2H3,(H,28,31)(H2,26,27,30). The second-order valence-electron chi connectivity index (χ2n) is 7.25. The van der Waals surface area contributed by atoms with Crippen LogP contribution in [0.15, 0.2) is 83.8 Å². The Kier molecular flexibility index (Phi) is 8.57. The highest BCUT2D eigenvalue weighted by atomic mass is 32.2. The first kappa shape index (κ1) is 23.2. The molecule has 4 amide bonds. The van der Waals surface area contributed by atoms with E-state index in [0.29, 0.717) is 19.5 Å². The van der Waals surface area contributed by atoms with Crippen molar-refractivity contribution in [1.82, 2.24) is 5.32 Å². The zero-order valence-electron chi connectivity index (χ0n) is 18.3. The molecule has 0 aliphatic carbocycles. The number of carbonyl (C=O) groups excluding carboxylic acids is 2. The summed E-state index contributed by atoms with van der Waals surface area (Å²) in [5.41, 5.74) is 3.41. The van der Waals surface area contributed by atoms with Gasteiger partial charge in [-0.2, -0.15) is 0 Å². The minimum atomic E-state index is -0.266. The lowest BCUT2D eigenvalue weighted by atomic mass is 10.2. The van der Waals surface area contributed by atoms with Gasteiger partial charge in [0, 0.05) is 35.0 Å². The van der Waals surface area contributed by atoms with Crippen LogP contribution in [0.2, 0.25) is 0 Å². The van der Waals surface area contributed by atoms with Gasteiger partial charge in [0.1, 0.15) is 0 Å². The van der Waals surface area contributed by atoms with Crippen molar-refractivity contribution in [2.45, 2.75) is 18.2 Å². The maximum atomic E-state index is 12.9. The van der Waals surface area contributed by atoms with Crippen molar-refractivity contribution in [3.8, 4) is 0 Å². The highest BCUT2D eigenvalue weighted by molar-refractivity contribution is 7.98. The predicted molar refractivity (Wildman–Crippen MR) is 134 cm³/mol. The molecule has 0 radical (unpaired) electrons. The Morgan fingerprint density at radius 2 is 1.47 bits per heavy atom. The minimum Gasteiger partial charge on any atom is -0.338 e. The first-order valence-electron chi connectivity index (χ1n) is 10.4. The number of hydrogen-bond acceptors (Lipinski definition) is 3. The van der Waals surface area contributed by atoms with E-state index in [9.17, 15) is 9.59 Å². The number of aryl methyl sites for hydroxylation is 1. The fraction of sp³-hybridized carbons (Fsp3) is 0.200. The Morgan fingerprint density at radius 1 is 0.844 bits per heavy atom. The molecule has 32 heavy (non-hydrogen) atoms. The summed E-state index contributed by atoms with van der Waals surface area (Å²) >= 11 is 1.65. The number of urea groups is 2. The molecule has 0 aliphatic heterocycles. The van der Waals surface area contributed by atoms with E-state index in [0.717, 1.165) is 27.5 Å². The molecule has 3 aromatic carbocycles. The molecular weight excluding hydrogens is 420 g/mol. The van der Waals surface area contributed by atoms with Crippen molar-refractivity contribution >= 4 is 40.9 Å². The molecule has 0 spiro atoms. The summed E-state index contributed by atoms with van der Waals surface area (Å²) in [5, 5.41) is 8.61. The average molecular weight is 449 g/mol. The Hall–Kier alpha value is -3.45. The summed E-state index contributed by atoms with van der Waals surface area (Å²) in [5.74, 6) is 0.